The number of nitrogens with one attached hydrogen (secondary N) is 1. The number of hydrogen-bond acceptors (Lipinski definition) is 2. The Morgan fingerprint density at radius 3 is 2.42 bits per heavy atom. The summed E-state index contributed by atoms with van der Waals surface area (Å²) >= 11 is 0. The number of carbonyl (C=O) groups is 1. The Bertz CT molecular complexity index is 730. The van der Waals surface area contributed by atoms with E-state index in [1.165, 1.54) is 5.56 Å². The molecule has 0 atom stereocenters. The summed E-state index contributed by atoms with van der Waals surface area (Å²) < 4.78 is 5.38. The fourth-order valence-electron chi connectivity index (χ4n) is 2.43. The quantitative estimate of drug-likeness (QED) is 0.810. The summed E-state index contributed by atoms with van der Waals surface area (Å²) in [5.41, 5.74) is 3.71. The van der Waals surface area contributed by atoms with E-state index < -0.39 is 11.6 Å². The molecule has 126 valence electrons. The average molecular weight is 323 g/mol. The van der Waals surface area contributed by atoms with Gasteiger partial charge >= 0.3 is 6.09 Å². The molecule has 24 heavy (non-hydrogen) atoms. The molecule has 0 radical (unpaired) electrons. The van der Waals surface area contributed by atoms with E-state index in [2.05, 4.69) is 18.8 Å². The van der Waals surface area contributed by atoms with E-state index in [0.717, 1.165) is 23.1 Å². The second kappa shape index (κ2) is 7.35. The first-order chi connectivity index (χ1) is 11.3. The van der Waals surface area contributed by atoms with E-state index in [-0.39, 0.29) is 0 Å². The third kappa shape index (κ3) is 4.48. The number of ether oxygens (including phenoxy) is 1. The standard InChI is InChI=1S/C21H25NO2/c1-6-16-10-12-19(13-11-16)24-20(23)22-21(4,5)18-9-7-8-17(14-18)15(2)3/h7-14H,2,6H2,1,3-5H3,(H,22,23). The number of amides is 1. The van der Waals surface area contributed by atoms with Crippen LogP contribution in [0, 0.1) is 0 Å². The van der Waals surface area contributed by atoms with Crippen LogP contribution in [0.25, 0.3) is 5.57 Å². The summed E-state index contributed by atoms with van der Waals surface area (Å²) in [7, 11) is 0. The molecule has 0 spiro atoms. The van der Waals surface area contributed by atoms with Gasteiger partial charge in [-0.2, -0.15) is 0 Å². The van der Waals surface area contributed by atoms with Crippen molar-refractivity contribution >= 4 is 11.7 Å². The first kappa shape index (κ1) is 17.8. The van der Waals surface area contributed by atoms with Crippen LogP contribution in [0.3, 0.4) is 0 Å². The maximum atomic E-state index is 12.2. The third-order valence-electron chi connectivity index (χ3n) is 4.03. The number of aryl methyl sites for hydroxylation is 1. The van der Waals surface area contributed by atoms with Gasteiger partial charge in [-0.3, -0.25) is 0 Å². The smallest absolute Gasteiger partial charge is 0.410 e. The lowest BCUT2D eigenvalue weighted by Gasteiger charge is -2.27. The van der Waals surface area contributed by atoms with Crippen LogP contribution >= 0.6 is 0 Å². The Labute approximate surface area is 144 Å². The van der Waals surface area contributed by atoms with Crippen molar-refractivity contribution in [2.75, 3.05) is 0 Å². The van der Waals surface area contributed by atoms with Crippen LogP contribution in [-0.2, 0) is 12.0 Å². The monoisotopic (exact) mass is 323 g/mol. The van der Waals surface area contributed by atoms with Crippen molar-refractivity contribution in [3.63, 3.8) is 0 Å². The minimum absolute atomic E-state index is 0.468. The van der Waals surface area contributed by atoms with Crippen molar-refractivity contribution in [1.29, 1.82) is 0 Å². The topological polar surface area (TPSA) is 38.3 Å². The summed E-state index contributed by atoms with van der Waals surface area (Å²) in [6, 6.07) is 15.6. The summed E-state index contributed by atoms with van der Waals surface area (Å²) in [6.07, 6.45) is 0.489. The Hall–Kier alpha value is -2.55. The zero-order valence-electron chi connectivity index (χ0n) is 14.8. The average Bonchev–Trinajstić information content (AvgIpc) is 2.55. The van der Waals surface area contributed by atoms with Crippen LogP contribution in [0.15, 0.2) is 55.1 Å². The zero-order valence-corrected chi connectivity index (χ0v) is 14.8. The van der Waals surface area contributed by atoms with E-state index in [9.17, 15) is 4.79 Å². The molecule has 2 aromatic rings. The molecule has 3 nitrogen and oxygen atoms in total. The van der Waals surface area contributed by atoms with Gasteiger partial charge in [0, 0.05) is 0 Å². The maximum Gasteiger partial charge on any atom is 0.413 e. The van der Waals surface area contributed by atoms with Crippen molar-refractivity contribution in [3.05, 3.63) is 71.8 Å². The van der Waals surface area contributed by atoms with Crippen LogP contribution in [0.5, 0.6) is 5.75 Å². The highest BCUT2D eigenvalue weighted by atomic mass is 16.6. The predicted molar refractivity (Wildman–Crippen MR) is 99.2 cm³/mol. The predicted octanol–water partition coefficient (Wildman–Crippen LogP) is 5.31. The van der Waals surface area contributed by atoms with Crippen molar-refractivity contribution < 1.29 is 9.53 Å². The van der Waals surface area contributed by atoms with Crippen LogP contribution in [0.2, 0.25) is 0 Å². The zero-order chi connectivity index (χ0) is 17.7. The molecule has 0 unspecified atom stereocenters. The molecule has 0 heterocycles. The molecule has 1 amide bonds. The van der Waals surface area contributed by atoms with Gasteiger partial charge in [0.05, 0.1) is 5.54 Å². The molecule has 0 saturated carbocycles. The van der Waals surface area contributed by atoms with Gasteiger partial charge in [0.2, 0.25) is 0 Å². The molecule has 2 aromatic carbocycles. The fraction of sp³-hybridized carbons (Fsp3) is 0.286. The van der Waals surface area contributed by atoms with Crippen molar-refractivity contribution in [1.82, 2.24) is 5.32 Å². The lowest BCUT2D eigenvalue weighted by atomic mass is 9.92. The molecule has 0 fully saturated rings. The summed E-state index contributed by atoms with van der Waals surface area (Å²) in [6.45, 7) is 11.9. The van der Waals surface area contributed by atoms with Gasteiger partial charge in [0.15, 0.2) is 0 Å². The van der Waals surface area contributed by atoms with Crippen molar-refractivity contribution in [3.8, 4) is 5.75 Å². The third-order valence-corrected chi connectivity index (χ3v) is 4.03. The molecular formula is C21H25NO2. The van der Waals surface area contributed by atoms with Gasteiger partial charge < -0.3 is 10.1 Å². The van der Waals surface area contributed by atoms with Gasteiger partial charge in [-0.05, 0) is 62.1 Å². The second-order valence-corrected chi connectivity index (χ2v) is 6.50. The van der Waals surface area contributed by atoms with Gasteiger partial charge in [-0.25, -0.2) is 4.79 Å². The van der Waals surface area contributed by atoms with Gasteiger partial charge in [-0.1, -0.05) is 49.4 Å². The van der Waals surface area contributed by atoms with E-state index in [1.54, 1.807) is 0 Å². The molecule has 0 bridgehead atoms. The maximum absolute atomic E-state index is 12.2. The van der Waals surface area contributed by atoms with E-state index in [0.29, 0.717) is 5.75 Å². The van der Waals surface area contributed by atoms with Crippen LogP contribution in [-0.4, -0.2) is 6.09 Å². The number of rotatable bonds is 5. The minimum atomic E-state index is -0.550. The van der Waals surface area contributed by atoms with E-state index in [4.69, 9.17) is 4.74 Å². The summed E-state index contributed by atoms with van der Waals surface area (Å²) in [4.78, 5) is 12.2. The van der Waals surface area contributed by atoms with Crippen LogP contribution < -0.4 is 10.1 Å². The largest absolute Gasteiger partial charge is 0.413 e. The summed E-state index contributed by atoms with van der Waals surface area (Å²) in [5.74, 6) is 0.538. The molecule has 0 saturated heterocycles. The van der Waals surface area contributed by atoms with Crippen molar-refractivity contribution in [2.24, 2.45) is 0 Å². The highest BCUT2D eigenvalue weighted by Gasteiger charge is 2.24. The highest BCUT2D eigenvalue weighted by Crippen LogP contribution is 2.24. The fourth-order valence-corrected chi connectivity index (χ4v) is 2.43. The molecular weight excluding hydrogens is 298 g/mol. The highest BCUT2D eigenvalue weighted by molar-refractivity contribution is 5.72. The first-order valence-corrected chi connectivity index (χ1v) is 8.17. The number of allylic oxidation sites excluding steroid dienone is 1. The molecule has 0 aliphatic rings. The lowest BCUT2D eigenvalue weighted by Crippen LogP contribution is -2.42. The van der Waals surface area contributed by atoms with Crippen LogP contribution in [0.4, 0.5) is 4.79 Å². The normalized spacial score (nSPS) is 11.0. The van der Waals surface area contributed by atoms with Gasteiger partial charge in [-0.15, -0.1) is 0 Å². The Balaban J connectivity index is 2.08. The number of hydrogen-bond donors (Lipinski definition) is 1. The first-order valence-electron chi connectivity index (χ1n) is 8.17. The number of carbonyl (C=O) groups excluding carboxylic acids is 1. The van der Waals surface area contributed by atoms with Crippen LogP contribution in [0.1, 0.15) is 44.4 Å². The van der Waals surface area contributed by atoms with Gasteiger partial charge in [0.1, 0.15) is 5.75 Å². The number of benzene rings is 2. The molecule has 0 aliphatic heterocycles. The molecule has 1 N–H and O–H groups in total. The Morgan fingerprint density at radius 2 is 1.83 bits per heavy atom. The minimum Gasteiger partial charge on any atom is -0.410 e. The lowest BCUT2D eigenvalue weighted by molar-refractivity contribution is 0.188. The molecule has 0 aliphatic carbocycles. The molecule has 3 heteroatoms. The Kier molecular flexibility index (Phi) is 5.45. The molecule has 2 rings (SSSR count). The second-order valence-electron chi connectivity index (χ2n) is 6.50. The summed E-state index contributed by atoms with van der Waals surface area (Å²) in [5, 5.41) is 2.92. The van der Waals surface area contributed by atoms with Crippen molar-refractivity contribution in [2.45, 2.75) is 39.7 Å². The Morgan fingerprint density at radius 1 is 1.17 bits per heavy atom. The van der Waals surface area contributed by atoms with E-state index >= 15 is 0 Å². The SMILES string of the molecule is C=C(C)c1cccc(C(C)(C)NC(=O)Oc2ccc(CC)cc2)c1. The van der Waals surface area contributed by atoms with E-state index in [1.807, 2.05) is 69.3 Å². The van der Waals surface area contributed by atoms with Gasteiger partial charge in [0.25, 0.3) is 0 Å². The molecule has 0 aromatic heterocycles.